The Hall–Kier alpha value is -0.810. The van der Waals surface area contributed by atoms with Crippen molar-refractivity contribution in [2.24, 2.45) is 4.99 Å². The third-order valence-corrected chi connectivity index (χ3v) is 2.28. The van der Waals surface area contributed by atoms with Crippen molar-refractivity contribution in [3.8, 4) is 0 Å². The van der Waals surface area contributed by atoms with Gasteiger partial charge in [0.05, 0.1) is 19.8 Å². The Morgan fingerprint density at radius 1 is 1.00 bits per heavy atom. The molecule has 0 unspecified atom stereocenters. The summed E-state index contributed by atoms with van der Waals surface area (Å²) in [6.07, 6.45) is -0.427. The maximum Gasteiger partial charge on any atom is 0.407 e. The van der Waals surface area contributed by atoms with Crippen LogP contribution in [0.4, 0.5) is 4.79 Å². The molecule has 8 nitrogen and oxygen atoms in total. The zero-order valence-corrected chi connectivity index (χ0v) is 17.1. The van der Waals surface area contributed by atoms with Gasteiger partial charge in [-0.25, -0.2) is 4.79 Å². The largest absolute Gasteiger partial charge is 0.444 e. The van der Waals surface area contributed by atoms with Crippen molar-refractivity contribution in [3.05, 3.63) is 0 Å². The van der Waals surface area contributed by atoms with E-state index in [1.807, 2.05) is 20.8 Å². The summed E-state index contributed by atoms with van der Waals surface area (Å²) in [5.74, 6) is 0.654. The van der Waals surface area contributed by atoms with Crippen LogP contribution < -0.4 is 16.0 Å². The van der Waals surface area contributed by atoms with E-state index in [1.54, 1.807) is 14.2 Å². The molecule has 138 valence electrons. The van der Waals surface area contributed by atoms with Gasteiger partial charge in [-0.05, 0) is 20.8 Å². The van der Waals surface area contributed by atoms with Crippen molar-refractivity contribution in [2.75, 3.05) is 53.6 Å². The molecule has 0 aromatic carbocycles. The number of ether oxygens (including phenoxy) is 3. The van der Waals surface area contributed by atoms with Crippen molar-refractivity contribution in [1.82, 2.24) is 16.0 Å². The Balaban J connectivity index is 0. The van der Waals surface area contributed by atoms with Crippen LogP contribution in [-0.4, -0.2) is 71.3 Å². The number of carbonyl (C=O) groups is 1. The fourth-order valence-electron chi connectivity index (χ4n) is 1.37. The van der Waals surface area contributed by atoms with Gasteiger partial charge in [0.15, 0.2) is 5.96 Å². The number of aliphatic imine (C=N–C) groups is 1. The van der Waals surface area contributed by atoms with Crippen LogP contribution in [-0.2, 0) is 14.2 Å². The molecule has 0 rings (SSSR count). The van der Waals surface area contributed by atoms with Gasteiger partial charge in [0.25, 0.3) is 0 Å². The number of guanidine groups is 1. The van der Waals surface area contributed by atoms with Gasteiger partial charge >= 0.3 is 6.09 Å². The molecule has 9 heteroatoms. The molecule has 0 fully saturated rings. The normalized spacial score (nSPS) is 11.4. The summed E-state index contributed by atoms with van der Waals surface area (Å²) in [5.41, 5.74) is -0.488. The Labute approximate surface area is 156 Å². The first kappa shape index (κ1) is 24.4. The molecule has 0 aromatic rings. The number of methoxy groups -OCH3 is 1. The van der Waals surface area contributed by atoms with Crippen LogP contribution in [0.3, 0.4) is 0 Å². The van der Waals surface area contributed by atoms with E-state index in [0.29, 0.717) is 45.4 Å². The maximum absolute atomic E-state index is 11.4. The maximum atomic E-state index is 11.4. The first-order chi connectivity index (χ1) is 10.4. The van der Waals surface area contributed by atoms with Gasteiger partial charge in [0.1, 0.15) is 5.60 Å². The number of halogens is 1. The molecule has 0 aliphatic heterocycles. The number of hydrogen-bond donors (Lipinski definition) is 3. The highest BCUT2D eigenvalue weighted by Gasteiger charge is 2.15. The van der Waals surface area contributed by atoms with E-state index >= 15 is 0 Å². The van der Waals surface area contributed by atoms with E-state index in [-0.39, 0.29) is 24.0 Å². The molecule has 0 aliphatic carbocycles. The molecular formula is C14H31IN4O4. The fourth-order valence-corrected chi connectivity index (χ4v) is 1.37. The highest BCUT2D eigenvalue weighted by Crippen LogP contribution is 2.05. The molecular weight excluding hydrogens is 415 g/mol. The SMILES string of the molecule is CN=C(NCCNC(=O)OC(C)(C)C)NCCOCCOC.I. The van der Waals surface area contributed by atoms with Gasteiger partial charge in [-0.1, -0.05) is 0 Å². The molecule has 0 saturated heterocycles. The van der Waals surface area contributed by atoms with E-state index in [1.165, 1.54) is 0 Å². The lowest BCUT2D eigenvalue weighted by atomic mass is 10.2. The Bertz CT molecular complexity index is 335. The minimum Gasteiger partial charge on any atom is -0.444 e. The zero-order chi connectivity index (χ0) is 16.8. The van der Waals surface area contributed by atoms with E-state index in [4.69, 9.17) is 14.2 Å². The number of amides is 1. The van der Waals surface area contributed by atoms with Crippen molar-refractivity contribution in [2.45, 2.75) is 26.4 Å². The molecule has 0 bridgehead atoms. The third-order valence-electron chi connectivity index (χ3n) is 2.28. The highest BCUT2D eigenvalue weighted by molar-refractivity contribution is 14.0. The monoisotopic (exact) mass is 446 g/mol. The molecule has 0 spiro atoms. The number of rotatable bonds is 9. The first-order valence-electron chi connectivity index (χ1n) is 7.37. The number of alkyl carbamates (subject to hydrolysis) is 1. The van der Waals surface area contributed by atoms with Crippen molar-refractivity contribution >= 4 is 36.0 Å². The van der Waals surface area contributed by atoms with E-state index in [2.05, 4.69) is 20.9 Å². The molecule has 0 atom stereocenters. The van der Waals surface area contributed by atoms with Gasteiger partial charge in [-0.3, -0.25) is 4.99 Å². The minimum absolute atomic E-state index is 0. The molecule has 0 saturated carbocycles. The summed E-state index contributed by atoms with van der Waals surface area (Å²) < 4.78 is 15.3. The smallest absolute Gasteiger partial charge is 0.407 e. The second kappa shape index (κ2) is 14.8. The number of nitrogens with zero attached hydrogens (tertiary/aromatic N) is 1. The Morgan fingerprint density at radius 2 is 1.61 bits per heavy atom. The molecule has 0 aliphatic rings. The first-order valence-corrected chi connectivity index (χ1v) is 7.37. The summed E-state index contributed by atoms with van der Waals surface area (Å²) in [6.45, 7) is 8.84. The van der Waals surface area contributed by atoms with Crippen molar-refractivity contribution in [3.63, 3.8) is 0 Å². The highest BCUT2D eigenvalue weighted by atomic mass is 127. The average Bonchev–Trinajstić information content (AvgIpc) is 2.43. The van der Waals surface area contributed by atoms with Crippen LogP contribution >= 0.6 is 24.0 Å². The lowest BCUT2D eigenvalue weighted by Crippen LogP contribution is -2.43. The van der Waals surface area contributed by atoms with Gasteiger partial charge in [0.2, 0.25) is 0 Å². The van der Waals surface area contributed by atoms with Crippen LogP contribution in [0.25, 0.3) is 0 Å². The van der Waals surface area contributed by atoms with E-state index < -0.39 is 11.7 Å². The topological polar surface area (TPSA) is 93.2 Å². The molecule has 0 radical (unpaired) electrons. The fraction of sp³-hybridized carbons (Fsp3) is 0.857. The van der Waals surface area contributed by atoms with Crippen LogP contribution in [0.15, 0.2) is 4.99 Å². The van der Waals surface area contributed by atoms with Crippen molar-refractivity contribution < 1.29 is 19.0 Å². The lowest BCUT2D eigenvalue weighted by Gasteiger charge is -2.19. The summed E-state index contributed by atoms with van der Waals surface area (Å²) in [6, 6.07) is 0. The lowest BCUT2D eigenvalue weighted by molar-refractivity contribution is 0.0529. The summed E-state index contributed by atoms with van der Waals surface area (Å²) in [7, 11) is 3.32. The molecule has 23 heavy (non-hydrogen) atoms. The average molecular weight is 446 g/mol. The predicted molar refractivity (Wildman–Crippen MR) is 102 cm³/mol. The van der Waals surface area contributed by atoms with Crippen LogP contribution in [0.1, 0.15) is 20.8 Å². The number of carbonyl (C=O) groups excluding carboxylic acids is 1. The van der Waals surface area contributed by atoms with E-state index in [9.17, 15) is 4.79 Å². The van der Waals surface area contributed by atoms with Crippen LogP contribution in [0, 0.1) is 0 Å². The summed E-state index contributed by atoms with van der Waals surface area (Å²) in [4.78, 5) is 15.5. The zero-order valence-electron chi connectivity index (χ0n) is 14.7. The Morgan fingerprint density at radius 3 is 2.17 bits per heavy atom. The van der Waals surface area contributed by atoms with Crippen molar-refractivity contribution in [1.29, 1.82) is 0 Å². The van der Waals surface area contributed by atoms with Crippen LogP contribution in [0.2, 0.25) is 0 Å². The van der Waals surface area contributed by atoms with Gasteiger partial charge in [-0.2, -0.15) is 0 Å². The minimum atomic E-state index is -0.488. The van der Waals surface area contributed by atoms with Gasteiger partial charge in [0, 0.05) is 33.8 Å². The molecule has 1 amide bonds. The summed E-state index contributed by atoms with van der Waals surface area (Å²) >= 11 is 0. The van der Waals surface area contributed by atoms with E-state index in [0.717, 1.165) is 0 Å². The number of nitrogens with one attached hydrogen (secondary N) is 3. The Kier molecular flexibility index (Phi) is 15.7. The third kappa shape index (κ3) is 17.4. The number of hydrogen-bond acceptors (Lipinski definition) is 5. The quantitative estimate of drug-likeness (QED) is 0.212. The second-order valence-corrected chi connectivity index (χ2v) is 5.46. The van der Waals surface area contributed by atoms with Gasteiger partial charge < -0.3 is 30.2 Å². The van der Waals surface area contributed by atoms with Crippen LogP contribution in [0.5, 0.6) is 0 Å². The molecule has 3 N–H and O–H groups in total. The molecule has 0 heterocycles. The second-order valence-electron chi connectivity index (χ2n) is 5.46. The predicted octanol–water partition coefficient (Wildman–Crippen LogP) is 0.957. The standard InChI is InChI=1S/C14H30N4O4.HI/c1-14(2,3)22-13(19)18-7-6-16-12(15-4)17-8-9-21-11-10-20-5;/h6-11H2,1-5H3,(H,18,19)(H2,15,16,17);1H. The molecule has 0 aromatic heterocycles. The van der Waals surface area contributed by atoms with Gasteiger partial charge in [-0.15, -0.1) is 24.0 Å². The summed E-state index contributed by atoms with van der Waals surface area (Å²) in [5, 5.41) is 8.84.